The summed E-state index contributed by atoms with van der Waals surface area (Å²) in [7, 11) is 0. The SMILES string of the molecule is CC(C)N1C[C@H]2CC[C@@H](C1)C2OCc1cccnc1. The quantitative estimate of drug-likeness (QED) is 0.832. The first-order valence-electron chi connectivity index (χ1n) is 7.48. The van der Waals surface area contributed by atoms with Crippen molar-refractivity contribution in [3.8, 4) is 0 Å². The van der Waals surface area contributed by atoms with E-state index in [1.807, 2.05) is 18.5 Å². The number of rotatable bonds is 4. The largest absolute Gasteiger partial charge is 0.373 e. The Morgan fingerprint density at radius 3 is 2.63 bits per heavy atom. The zero-order chi connectivity index (χ0) is 13.2. The van der Waals surface area contributed by atoms with Gasteiger partial charge < -0.3 is 9.64 Å². The van der Waals surface area contributed by atoms with Crippen LogP contribution in [0.3, 0.4) is 0 Å². The van der Waals surface area contributed by atoms with Crippen molar-refractivity contribution < 1.29 is 4.74 Å². The number of likely N-dealkylation sites (tertiary alicyclic amines) is 1. The molecule has 0 aromatic carbocycles. The van der Waals surface area contributed by atoms with E-state index < -0.39 is 0 Å². The summed E-state index contributed by atoms with van der Waals surface area (Å²) in [4.78, 5) is 6.77. The molecule has 2 fully saturated rings. The van der Waals surface area contributed by atoms with E-state index in [0.29, 0.717) is 18.8 Å². The molecule has 1 aromatic rings. The van der Waals surface area contributed by atoms with Crippen LogP contribution in [0.4, 0.5) is 0 Å². The van der Waals surface area contributed by atoms with Gasteiger partial charge in [0, 0.05) is 31.5 Å². The lowest BCUT2D eigenvalue weighted by molar-refractivity contribution is -0.0564. The highest BCUT2D eigenvalue weighted by Crippen LogP contribution is 2.39. The monoisotopic (exact) mass is 260 g/mol. The third kappa shape index (κ3) is 2.82. The van der Waals surface area contributed by atoms with Gasteiger partial charge in [-0.1, -0.05) is 6.07 Å². The minimum absolute atomic E-state index is 0.468. The first-order valence-corrected chi connectivity index (χ1v) is 7.48. The Kier molecular flexibility index (Phi) is 3.85. The summed E-state index contributed by atoms with van der Waals surface area (Å²) in [5.41, 5.74) is 1.19. The number of ether oxygens (including phenoxy) is 1. The van der Waals surface area contributed by atoms with Gasteiger partial charge in [0.2, 0.25) is 0 Å². The standard InChI is InChI=1S/C16H24N2O/c1-12(2)18-9-14-5-6-15(10-18)16(14)19-11-13-4-3-7-17-8-13/h3-4,7-8,12,14-16H,5-6,9-11H2,1-2H3/t14-,15+,16?. The Labute approximate surface area is 116 Å². The molecule has 0 N–H and O–H groups in total. The maximum absolute atomic E-state index is 6.22. The van der Waals surface area contributed by atoms with Crippen molar-refractivity contribution in [2.45, 2.75) is 45.4 Å². The molecular weight excluding hydrogens is 236 g/mol. The Hall–Kier alpha value is -0.930. The highest BCUT2D eigenvalue weighted by Gasteiger charge is 2.43. The third-order valence-corrected chi connectivity index (χ3v) is 4.67. The molecule has 0 radical (unpaired) electrons. The van der Waals surface area contributed by atoms with Crippen LogP contribution in [0, 0.1) is 11.8 Å². The molecule has 3 nitrogen and oxygen atoms in total. The number of hydrogen-bond acceptors (Lipinski definition) is 3. The molecule has 2 heterocycles. The Morgan fingerprint density at radius 2 is 2.05 bits per heavy atom. The van der Waals surface area contributed by atoms with Gasteiger partial charge >= 0.3 is 0 Å². The fourth-order valence-electron chi connectivity index (χ4n) is 3.58. The number of piperidine rings is 1. The second-order valence-electron chi connectivity index (χ2n) is 6.28. The zero-order valence-electron chi connectivity index (χ0n) is 12.0. The van der Waals surface area contributed by atoms with Crippen LogP contribution in [0.25, 0.3) is 0 Å². The van der Waals surface area contributed by atoms with Gasteiger partial charge in [-0.05, 0) is 50.2 Å². The van der Waals surface area contributed by atoms with Crippen molar-refractivity contribution in [1.82, 2.24) is 9.88 Å². The molecule has 3 atom stereocenters. The number of nitrogens with zero attached hydrogens (tertiary/aromatic N) is 2. The lowest BCUT2D eigenvalue weighted by Crippen LogP contribution is -2.48. The zero-order valence-corrected chi connectivity index (χ0v) is 12.0. The molecule has 1 aromatic heterocycles. The maximum atomic E-state index is 6.22. The summed E-state index contributed by atoms with van der Waals surface area (Å²) < 4.78 is 6.22. The molecule has 2 bridgehead atoms. The average molecular weight is 260 g/mol. The van der Waals surface area contributed by atoms with Crippen LogP contribution in [0.5, 0.6) is 0 Å². The number of pyridine rings is 1. The Bertz CT molecular complexity index is 392. The van der Waals surface area contributed by atoms with E-state index in [1.54, 1.807) is 0 Å². The minimum Gasteiger partial charge on any atom is -0.373 e. The fourth-order valence-corrected chi connectivity index (χ4v) is 3.58. The van der Waals surface area contributed by atoms with Gasteiger partial charge in [-0.25, -0.2) is 0 Å². The maximum Gasteiger partial charge on any atom is 0.0735 e. The van der Waals surface area contributed by atoms with E-state index in [2.05, 4.69) is 29.8 Å². The predicted octanol–water partition coefficient (Wildman–Crippen LogP) is 2.72. The fraction of sp³-hybridized carbons (Fsp3) is 0.688. The van der Waals surface area contributed by atoms with Crippen molar-refractivity contribution >= 4 is 0 Å². The topological polar surface area (TPSA) is 25.4 Å². The van der Waals surface area contributed by atoms with Crippen LogP contribution in [-0.2, 0) is 11.3 Å². The molecular formula is C16H24N2O. The molecule has 1 aliphatic heterocycles. The van der Waals surface area contributed by atoms with Gasteiger partial charge in [-0.2, -0.15) is 0 Å². The van der Waals surface area contributed by atoms with Crippen LogP contribution in [0.2, 0.25) is 0 Å². The van der Waals surface area contributed by atoms with Crippen molar-refractivity contribution in [2.75, 3.05) is 13.1 Å². The van der Waals surface area contributed by atoms with Crippen LogP contribution in [-0.4, -0.2) is 35.1 Å². The van der Waals surface area contributed by atoms with E-state index in [9.17, 15) is 0 Å². The van der Waals surface area contributed by atoms with Gasteiger partial charge in [0.15, 0.2) is 0 Å². The molecule has 1 aliphatic carbocycles. The van der Waals surface area contributed by atoms with Crippen LogP contribution >= 0.6 is 0 Å². The molecule has 1 saturated carbocycles. The first kappa shape index (κ1) is 13.1. The highest BCUT2D eigenvalue weighted by atomic mass is 16.5. The summed E-state index contributed by atoms with van der Waals surface area (Å²) in [6.45, 7) is 7.75. The van der Waals surface area contributed by atoms with E-state index >= 15 is 0 Å². The van der Waals surface area contributed by atoms with Crippen molar-refractivity contribution in [3.05, 3.63) is 30.1 Å². The summed E-state index contributed by atoms with van der Waals surface area (Å²) in [6, 6.07) is 4.75. The molecule has 3 heteroatoms. The van der Waals surface area contributed by atoms with Gasteiger partial charge in [0.25, 0.3) is 0 Å². The van der Waals surface area contributed by atoms with Gasteiger partial charge in [0.1, 0.15) is 0 Å². The third-order valence-electron chi connectivity index (χ3n) is 4.67. The predicted molar refractivity (Wildman–Crippen MR) is 75.7 cm³/mol. The van der Waals surface area contributed by atoms with E-state index in [4.69, 9.17) is 4.74 Å². The van der Waals surface area contributed by atoms with Gasteiger partial charge in [0.05, 0.1) is 12.7 Å². The van der Waals surface area contributed by atoms with Crippen LogP contribution < -0.4 is 0 Å². The van der Waals surface area contributed by atoms with Crippen molar-refractivity contribution in [2.24, 2.45) is 11.8 Å². The lowest BCUT2D eigenvalue weighted by atomic mass is 9.94. The van der Waals surface area contributed by atoms with Gasteiger partial charge in [-0.3, -0.25) is 4.98 Å². The second kappa shape index (κ2) is 5.59. The van der Waals surface area contributed by atoms with Gasteiger partial charge in [-0.15, -0.1) is 0 Å². The average Bonchev–Trinajstić information content (AvgIpc) is 2.66. The molecule has 1 unspecified atom stereocenters. The molecule has 3 rings (SSSR count). The molecule has 19 heavy (non-hydrogen) atoms. The molecule has 1 saturated heterocycles. The molecule has 2 aliphatic rings. The number of aromatic nitrogens is 1. The number of fused-ring (bicyclic) bond motifs is 2. The Morgan fingerprint density at radius 1 is 1.32 bits per heavy atom. The summed E-state index contributed by atoms with van der Waals surface area (Å²) in [5, 5.41) is 0. The normalized spacial score (nSPS) is 31.0. The number of hydrogen-bond donors (Lipinski definition) is 0. The smallest absolute Gasteiger partial charge is 0.0735 e. The molecule has 0 amide bonds. The summed E-state index contributed by atoms with van der Waals surface area (Å²) in [6.07, 6.45) is 6.87. The first-order chi connectivity index (χ1) is 9.24. The van der Waals surface area contributed by atoms with E-state index in [1.165, 1.54) is 31.5 Å². The summed E-state index contributed by atoms with van der Waals surface area (Å²) in [5.74, 6) is 1.47. The van der Waals surface area contributed by atoms with E-state index in [0.717, 1.165) is 11.8 Å². The van der Waals surface area contributed by atoms with Crippen LogP contribution in [0.15, 0.2) is 24.5 Å². The summed E-state index contributed by atoms with van der Waals surface area (Å²) >= 11 is 0. The van der Waals surface area contributed by atoms with Crippen molar-refractivity contribution in [1.29, 1.82) is 0 Å². The molecule has 104 valence electrons. The van der Waals surface area contributed by atoms with E-state index in [-0.39, 0.29) is 0 Å². The Balaban J connectivity index is 1.58. The van der Waals surface area contributed by atoms with Crippen molar-refractivity contribution in [3.63, 3.8) is 0 Å². The second-order valence-corrected chi connectivity index (χ2v) is 6.28. The lowest BCUT2D eigenvalue weighted by Gasteiger charge is -2.39. The van der Waals surface area contributed by atoms with Crippen LogP contribution in [0.1, 0.15) is 32.3 Å². The molecule has 0 spiro atoms. The minimum atomic E-state index is 0.468. The highest BCUT2D eigenvalue weighted by molar-refractivity contribution is 5.07.